The van der Waals surface area contributed by atoms with Gasteiger partial charge < -0.3 is 9.47 Å². The number of aryl methyl sites for hydroxylation is 2. The predicted molar refractivity (Wildman–Crippen MR) is 80.4 cm³/mol. The molecule has 3 nitrogen and oxygen atoms in total. The molecular formula is C18H18O3. The Morgan fingerprint density at radius 3 is 2.29 bits per heavy atom. The number of ketones is 1. The summed E-state index contributed by atoms with van der Waals surface area (Å²) in [6.45, 7) is 5.13. The summed E-state index contributed by atoms with van der Waals surface area (Å²) in [6.07, 6.45) is -0.351. The van der Waals surface area contributed by atoms with E-state index in [1.54, 1.807) is 0 Å². The topological polar surface area (TPSA) is 35.5 Å². The van der Waals surface area contributed by atoms with Crippen LogP contribution in [0.5, 0.6) is 0 Å². The maximum absolute atomic E-state index is 12.8. The van der Waals surface area contributed by atoms with Crippen molar-refractivity contribution in [2.24, 2.45) is 0 Å². The van der Waals surface area contributed by atoms with Crippen LogP contribution in [0.25, 0.3) is 0 Å². The third kappa shape index (κ3) is 2.75. The van der Waals surface area contributed by atoms with Crippen LogP contribution >= 0.6 is 0 Å². The van der Waals surface area contributed by atoms with E-state index in [2.05, 4.69) is 0 Å². The van der Waals surface area contributed by atoms with Crippen molar-refractivity contribution in [2.75, 3.05) is 13.2 Å². The van der Waals surface area contributed by atoms with Gasteiger partial charge in [0, 0.05) is 16.7 Å². The zero-order chi connectivity index (χ0) is 14.8. The maximum Gasteiger partial charge on any atom is 0.193 e. The molecule has 108 valence electrons. The first-order valence-corrected chi connectivity index (χ1v) is 7.11. The molecule has 0 unspecified atom stereocenters. The van der Waals surface area contributed by atoms with Crippen LogP contribution in [-0.4, -0.2) is 19.0 Å². The fourth-order valence-corrected chi connectivity index (χ4v) is 2.69. The molecule has 0 aliphatic carbocycles. The Hall–Kier alpha value is -1.97. The van der Waals surface area contributed by atoms with Crippen molar-refractivity contribution < 1.29 is 14.3 Å². The molecule has 1 heterocycles. The van der Waals surface area contributed by atoms with Gasteiger partial charge in [-0.05, 0) is 31.0 Å². The minimum Gasteiger partial charge on any atom is -0.346 e. The van der Waals surface area contributed by atoms with Crippen LogP contribution in [0.3, 0.4) is 0 Å². The molecule has 2 aromatic carbocycles. The summed E-state index contributed by atoms with van der Waals surface area (Å²) in [5.74, 6) is 0.0467. The minimum absolute atomic E-state index is 0.0467. The molecule has 0 radical (unpaired) electrons. The quantitative estimate of drug-likeness (QED) is 0.807. The lowest BCUT2D eigenvalue weighted by atomic mass is 9.94. The Bertz CT molecular complexity index is 650. The lowest BCUT2D eigenvalue weighted by molar-refractivity contribution is -0.0441. The summed E-state index contributed by atoms with van der Waals surface area (Å²) in [5, 5.41) is 0. The number of hydrogen-bond donors (Lipinski definition) is 0. The number of rotatable bonds is 3. The molecule has 0 N–H and O–H groups in total. The van der Waals surface area contributed by atoms with Crippen LogP contribution < -0.4 is 0 Å². The first kappa shape index (κ1) is 14.0. The summed E-state index contributed by atoms with van der Waals surface area (Å²) < 4.78 is 11.0. The average Bonchev–Trinajstić information content (AvgIpc) is 3.01. The van der Waals surface area contributed by atoms with Gasteiger partial charge in [0.2, 0.25) is 0 Å². The Morgan fingerprint density at radius 1 is 1.00 bits per heavy atom. The first-order valence-electron chi connectivity index (χ1n) is 7.11. The fourth-order valence-electron chi connectivity index (χ4n) is 2.69. The largest absolute Gasteiger partial charge is 0.346 e. The summed E-state index contributed by atoms with van der Waals surface area (Å²) in [5.41, 5.74) is 4.34. The monoisotopic (exact) mass is 282 g/mol. The van der Waals surface area contributed by atoms with Crippen molar-refractivity contribution in [1.82, 2.24) is 0 Å². The van der Waals surface area contributed by atoms with E-state index in [0.29, 0.717) is 18.8 Å². The molecule has 0 atom stereocenters. The highest BCUT2D eigenvalue weighted by atomic mass is 16.7. The number of benzene rings is 2. The second-order valence-electron chi connectivity index (χ2n) is 5.29. The lowest BCUT2D eigenvalue weighted by Crippen LogP contribution is -2.07. The van der Waals surface area contributed by atoms with Crippen LogP contribution in [0.1, 0.15) is 38.9 Å². The minimum atomic E-state index is -0.351. The van der Waals surface area contributed by atoms with E-state index in [-0.39, 0.29) is 12.1 Å². The molecule has 1 aliphatic rings. The van der Waals surface area contributed by atoms with Gasteiger partial charge in [-0.25, -0.2) is 0 Å². The van der Waals surface area contributed by atoms with Gasteiger partial charge in [-0.2, -0.15) is 0 Å². The van der Waals surface area contributed by atoms with Crippen LogP contribution in [-0.2, 0) is 9.47 Å². The molecule has 2 aromatic rings. The van der Waals surface area contributed by atoms with Gasteiger partial charge in [0.25, 0.3) is 0 Å². The summed E-state index contributed by atoms with van der Waals surface area (Å²) >= 11 is 0. The van der Waals surface area contributed by atoms with Gasteiger partial charge in [-0.15, -0.1) is 0 Å². The summed E-state index contributed by atoms with van der Waals surface area (Å²) in [6, 6.07) is 13.4. The number of carbonyl (C=O) groups excluding carboxylic acids is 1. The molecule has 0 spiro atoms. The SMILES string of the molecule is Cc1cccc(C)c1C(=O)c1cccc(C2OCCO2)c1. The molecule has 0 amide bonds. The van der Waals surface area contributed by atoms with E-state index >= 15 is 0 Å². The third-order valence-electron chi connectivity index (χ3n) is 3.75. The predicted octanol–water partition coefficient (Wildman–Crippen LogP) is 3.58. The van der Waals surface area contributed by atoms with Gasteiger partial charge >= 0.3 is 0 Å². The molecule has 21 heavy (non-hydrogen) atoms. The van der Waals surface area contributed by atoms with Crippen LogP contribution in [0.15, 0.2) is 42.5 Å². The van der Waals surface area contributed by atoms with Crippen molar-refractivity contribution in [3.63, 3.8) is 0 Å². The summed E-state index contributed by atoms with van der Waals surface area (Å²) in [4.78, 5) is 12.8. The fraction of sp³-hybridized carbons (Fsp3) is 0.278. The van der Waals surface area contributed by atoms with E-state index in [1.807, 2.05) is 56.3 Å². The van der Waals surface area contributed by atoms with Crippen LogP contribution in [0, 0.1) is 13.8 Å². The Morgan fingerprint density at radius 2 is 1.62 bits per heavy atom. The van der Waals surface area contributed by atoms with Gasteiger partial charge in [0.05, 0.1) is 13.2 Å². The first-order chi connectivity index (χ1) is 10.2. The third-order valence-corrected chi connectivity index (χ3v) is 3.75. The Kier molecular flexibility index (Phi) is 3.86. The van der Waals surface area contributed by atoms with E-state index in [9.17, 15) is 4.79 Å². The molecule has 3 rings (SSSR count). The van der Waals surface area contributed by atoms with Crippen molar-refractivity contribution in [1.29, 1.82) is 0 Å². The second kappa shape index (κ2) is 5.80. The highest BCUT2D eigenvalue weighted by Crippen LogP contribution is 2.25. The highest BCUT2D eigenvalue weighted by molar-refractivity contribution is 6.10. The smallest absolute Gasteiger partial charge is 0.193 e. The molecule has 1 aliphatic heterocycles. The van der Waals surface area contributed by atoms with Gasteiger partial charge in [-0.3, -0.25) is 4.79 Å². The van der Waals surface area contributed by atoms with Crippen LogP contribution in [0.2, 0.25) is 0 Å². The molecule has 0 bridgehead atoms. The Balaban J connectivity index is 1.96. The maximum atomic E-state index is 12.8. The van der Waals surface area contributed by atoms with Crippen molar-refractivity contribution in [3.8, 4) is 0 Å². The number of carbonyl (C=O) groups is 1. The van der Waals surface area contributed by atoms with Gasteiger partial charge in [-0.1, -0.05) is 36.4 Å². The lowest BCUT2D eigenvalue weighted by Gasteiger charge is -2.12. The van der Waals surface area contributed by atoms with E-state index < -0.39 is 0 Å². The molecule has 1 saturated heterocycles. The molecule has 1 fully saturated rings. The van der Waals surface area contributed by atoms with Gasteiger partial charge in [0.1, 0.15) is 0 Å². The average molecular weight is 282 g/mol. The zero-order valence-corrected chi connectivity index (χ0v) is 12.3. The van der Waals surface area contributed by atoms with Crippen LogP contribution in [0.4, 0.5) is 0 Å². The van der Waals surface area contributed by atoms with Crippen molar-refractivity contribution in [2.45, 2.75) is 20.1 Å². The standard InChI is InChI=1S/C18H18O3/c1-12-5-3-6-13(2)16(12)17(19)14-7-4-8-15(11-14)18-20-9-10-21-18/h3-8,11,18H,9-10H2,1-2H3. The second-order valence-corrected chi connectivity index (χ2v) is 5.29. The van der Waals surface area contributed by atoms with E-state index in [1.165, 1.54) is 0 Å². The van der Waals surface area contributed by atoms with E-state index in [0.717, 1.165) is 22.3 Å². The number of ether oxygens (including phenoxy) is 2. The highest BCUT2D eigenvalue weighted by Gasteiger charge is 2.20. The Labute approximate surface area is 124 Å². The molecule has 0 aromatic heterocycles. The normalized spacial score (nSPS) is 15.3. The van der Waals surface area contributed by atoms with Crippen molar-refractivity contribution in [3.05, 3.63) is 70.3 Å². The zero-order valence-electron chi connectivity index (χ0n) is 12.3. The summed E-state index contributed by atoms with van der Waals surface area (Å²) in [7, 11) is 0. The van der Waals surface area contributed by atoms with Crippen molar-refractivity contribution >= 4 is 5.78 Å². The van der Waals surface area contributed by atoms with E-state index in [4.69, 9.17) is 9.47 Å². The molecule has 3 heteroatoms. The van der Waals surface area contributed by atoms with Gasteiger partial charge in [0.15, 0.2) is 12.1 Å². The molecular weight excluding hydrogens is 264 g/mol. The number of hydrogen-bond acceptors (Lipinski definition) is 3. The molecule has 0 saturated carbocycles.